The van der Waals surface area contributed by atoms with Crippen molar-refractivity contribution >= 4 is 51.6 Å². The van der Waals surface area contributed by atoms with Crippen molar-refractivity contribution in [1.29, 1.82) is 5.26 Å². The summed E-state index contributed by atoms with van der Waals surface area (Å²) in [5.41, 5.74) is 1.49. The number of nitrogens with zero attached hydrogens (tertiary/aromatic N) is 3. The lowest BCUT2D eigenvalue weighted by Crippen LogP contribution is -1.90. The Morgan fingerprint density at radius 1 is 1.38 bits per heavy atom. The van der Waals surface area contributed by atoms with Crippen LogP contribution in [0.25, 0.3) is 22.2 Å². The van der Waals surface area contributed by atoms with Crippen molar-refractivity contribution in [3.63, 3.8) is 0 Å². The minimum absolute atomic E-state index is 0.0601. The number of thiazole rings is 1. The Kier molecular flexibility index (Phi) is 4.71. The molecule has 0 spiro atoms. The number of hydrogen-bond acceptors (Lipinski definition) is 6. The number of rotatable bonds is 4. The van der Waals surface area contributed by atoms with Crippen molar-refractivity contribution in [2.24, 2.45) is 0 Å². The first-order valence-corrected chi connectivity index (χ1v) is 8.77. The highest BCUT2D eigenvalue weighted by Gasteiger charge is 2.14. The van der Waals surface area contributed by atoms with Crippen molar-refractivity contribution in [2.45, 2.75) is 0 Å². The number of aromatic nitrogens is 1. The minimum atomic E-state index is -0.552. The Balaban J connectivity index is 1.98. The smallest absolute Gasteiger partial charge is 0.258 e. The fraction of sp³-hybridized carbons (Fsp3) is 0. The highest BCUT2D eigenvalue weighted by molar-refractivity contribution is 7.14. The van der Waals surface area contributed by atoms with Gasteiger partial charge in [0.1, 0.15) is 16.1 Å². The van der Waals surface area contributed by atoms with Crippen molar-refractivity contribution in [1.82, 2.24) is 4.98 Å². The first-order valence-electron chi connectivity index (χ1n) is 6.64. The summed E-state index contributed by atoms with van der Waals surface area (Å²) in [6.07, 6.45) is 1.57. The molecule has 118 valence electrons. The van der Waals surface area contributed by atoms with Crippen LogP contribution in [0.5, 0.6) is 0 Å². The van der Waals surface area contributed by atoms with Gasteiger partial charge >= 0.3 is 0 Å². The van der Waals surface area contributed by atoms with E-state index >= 15 is 0 Å². The van der Waals surface area contributed by atoms with E-state index in [0.717, 1.165) is 10.6 Å². The van der Waals surface area contributed by atoms with Gasteiger partial charge < -0.3 is 0 Å². The maximum atomic E-state index is 11.0. The van der Waals surface area contributed by atoms with E-state index in [4.69, 9.17) is 11.6 Å². The summed E-state index contributed by atoms with van der Waals surface area (Å²) in [5, 5.41) is 24.8. The molecule has 0 fully saturated rings. The van der Waals surface area contributed by atoms with Gasteiger partial charge in [-0.25, -0.2) is 4.98 Å². The van der Waals surface area contributed by atoms with E-state index in [1.165, 1.54) is 23.5 Å². The van der Waals surface area contributed by atoms with Gasteiger partial charge in [0, 0.05) is 11.4 Å². The summed E-state index contributed by atoms with van der Waals surface area (Å²) in [7, 11) is 0. The number of thiophene rings is 1. The molecule has 0 saturated heterocycles. The molecule has 3 aromatic rings. The summed E-state index contributed by atoms with van der Waals surface area (Å²) in [5.74, 6) is 0. The second-order valence-electron chi connectivity index (χ2n) is 4.65. The lowest BCUT2D eigenvalue weighted by Gasteiger charge is -1.98. The van der Waals surface area contributed by atoms with E-state index in [1.54, 1.807) is 23.5 Å². The highest BCUT2D eigenvalue weighted by atomic mass is 35.5. The molecule has 0 unspecified atom stereocenters. The SMILES string of the molecule is N#C/C(=C/c1ccc(Cl)c([N+](=O)[O-])c1)c1nc(-c2cccs2)cs1. The molecule has 8 heteroatoms. The molecule has 0 aliphatic heterocycles. The molecule has 0 N–H and O–H groups in total. The number of hydrogen-bond donors (Lipinski definition) is 0. The molecule has 0 bridgehead atoms. The second kappa shape index (κ2) is 6.93. The first-order chi connectivity index (χ1) is 11.6. The predicted octanol–water partition coefficient (Wildman–Crippen LogP) is 5.50. The number of nitro benzene ring substituents is 1. The maximum Gasteiger partial charge on any atom is 0.288 e. The summed E-state index contributed by atoms with van der Waals surface area (Å²) in [4.78, 5) is 15.9. The van der Waals surface area contributed by atoms with Gasteiger partial charge in [-0.2, -0.15) is 5.26 Å². The van der Waals surface area contributed by atoms with Gasteiger partial charge in [-0.3, -0.25) is 10.1 Å². The Morgan fingerprint density at radius 2 is 2.21 bits per heavy atom. The number of halogens is 1. The number of nitriles is 1. The molecular formula is C16H8ClN3O2S2. The van der Waals surface area contributed by atoms with Crippen LogP contribution in [0.4, 0.5) is 5.69 Å². The zero-order valence-electron chi connectivity index (χ0n) is 12.0. The van der Waals surface area contributed by atoms with Gasteiger partial charge in [0.15, 0.2) is 0 Å². The molecule has 0 saturated carbocycles. The number of benzene rings is 1. The molecule has 3 rings (SSSR count). The van der Waals surface area contributed by atoms with E-state index < -0.39 is 4.92 Å². The standard InChI is InChI=1S/C16H8ClN3O2S2/c17-12-4-3-10(7-14(12)20(21)22)6-11(8-18)16-19-13(9-24-16)15-2-1-5-23-15/h1-7,9H/b11-6-. The summed E-state index contributed by atoms with van der Waals surface area (Å²) < 4.78 is 0. The van der Waals surface area contributed by atoms with Crippen LogP contribution in [0, 0.1) is 21.4 Å². The molecule has 24 heavy (non-hydrogen) atoms. The van der Waals surface area contributed by atoms with Crippen molar-refractivity contribution in [3.05, 3.63) is 66.8 Å². The Hall–Kier alpha value is -2.53. The zero-order valence-corrected chi connectivity index (χ0v) is 14.4. The van der Waals surface area contributed by atoms with Gasteiger partial charge in [0.2, 0.25) is 0 Å². The maximum absolute atomic E-state index is 11.0. The minimum Gasteiger partial charge on any atom is -0.258 e. The summed E-state index contributed by atoms with van der Waals surface area (Å²) in [6.45, 7) is 0. The monoisotopic (exact) mass is 373 g/mol. The Bertz CT molecular complexity index is 972. The van der Waals surface area contributed by atoms with Crippen LogP contribution in [-0.4, -0.2) is 9.91 Å². The van der Waals surface area contributed by atoms with Crippen LogP contribution in [0.1, 0.15) is 10.6 Å². The molecule has 0 aliphatic carbocycles. The van der Waals surface area contributed by atoms with Crippen LogP contribution >= 0.6 is 34.3 Å². The number of allylic oxidation sites excluding steroid dienone is 1. The van der Waals surface area contributed by atoms with Crippen LogP contribution in [0.2, 0.25) is 5.02 Å². The van der Waals surface area contributed by atoms with E-state index in [0.29, 0.717) is 16.1 Å². The van der Waals surface area contributed by atoms with E-state index in [-0.39, 0.29) is 10.7 Å². The third kappa shape index (κ3) is 3.36. The van der Waals surface area contributed by atoms with Crippen LogP contribution < -0.4 is 0 Å². The lowest BCUT2D eigenvalue weighted by molar-refractivity contribution is -0.384. The van der Waals surface area contributed by atoms with Crippen molar-refractivity contribution < 1.29 is 4.92 Å². The molecule has 5 nitrogen and oxygen atoms in total. The van der Waals surface area contributed by atoms with Crippen LogP contribution in [-0.2, 0) is 0 Å². The second-order valence-corrected chi connectivity index (χ2v) is 6.87. The normalized spacial score (nSPS) is 11.2. The van der Waals surface area contributed by atoms with Crippen LogP contribution in [0.3, 0.4) is 0 Å². The summed E-state index contributed by atoms with van der Waals surface area (Å²) in [6, 6.07) is 10.4. The molecule has 1 aromatic carbocycles. The largest absolute Gasteiger partial charge is 0.288 e. The third-order valence-corrected chi connectivity index (χ3v) is 5.19. The van der Waals surface area contributed by atoms with Gasteiger partial charge in [-0.05, 0) is 29.2 Å². The molecule has 0 atom stereocenters. The zero-order chi connectivity index (χ0) is 17.1. The average molecular weight is 374 g/mol. The van der Waals surface area contributed by atoms with Gasteiger partial charge in [0.05, 0.1) is 21.1 Å². The van der Waals surface area contributed by atoms with Gasteiger partial charge in [-0.15, -0.1) is 22.7 Å². The predicted molar refractivity (Wildman–Crippen MR) is 97.0 cm³/mol. The lowest BCUT2D eigenvalue weighted by atomic mass is 10.1. The average Bonchev–Trinajstić information content (AvgIpc) is 3.24. The molecular weight excluding hydrogens is 366 g/mol. The van der Waals surface area contributed by atoms with Crippen LogP contribution in [0.15, 0.2) is 41.1 Å². The van der Waals surface area contributed by atoms with Crippen molar-refractivity contribution in [3.8, 4) is 16.6 Å². The van der Waals surface area contributed by atoms with E-state index in [2.05, 4.69) is 11.1 Å². The van der Waals surface area contributed by atoms with Gasteiger partial charge in [0.25, 0.3) is 5.69 Å². The molecule has 2 heterocycles. The van der Waals surface area contributed by atoms with Crippen molar-refractivity contribution in [2.75, 3.05) is 0 Å². The molecule has 0 amide bonds. The first kappa shape index (κ1) is 16.3. The quantitative estimate of drug-likeness (QED) is 0.343. The molecule has 0 radical (unpaired) electrons. The summed E-state index contributed by atoms with van der Waals surface area (Å²) >= 11 is 8.73. The Labute approximate surface area is 150 Å². The Morgan fingerprint density at radius 3 is 2.88 bits per heavy atom. The molecule has 2 aromatic heterocycles. The van der Waals surface area contributed by atoms with Gasteiger partial charge in [-0.1, -0.05) is 23.7 Å². The highest BCUT2D eigenvalue weighted by Crippen LogP contribution is 2.31. The topological polar surface area (TPSA) is 79.8 Å². The number of nitro groups is 1. The fourth-order valence-electron chi connectivity index (χ4n) is 2.00. The van der Waals surface area contributed by atoms with E-state index in [1.807, 2.05) is 22.9 Å². The van der Waals surface area contributed by atoms with E-state index in [9.17, 15) is 15.4 Å². The fourth-order valence-corrected chi connectivity index (χ4v) is 3.74. The third-order valence-electron chi connectivity index (χ3n) is 3.11. The molecule has 0 aliphatic rings.